The third kappa shape index (κ3) is 4.52. The molecule has 0 bridgehead atoms. The Morgan fingerprint density at radius 1 is 1.12 bits per heavy atom. The number of likely N-dealkylation sites (tertiary alicyclic amines) is 1. The molecule has 0 aromatic heterocycles. The van der Waals surface area contributed by atoms with Crippen LogP contribution >= 0.6 is 0 Å². The van der Waals surface area contributed by atoms with Gasteiger partial charge in [-0.15, -0.1) is 0 Å². The Morgan fingerprint density at radius 2 is 1.88 bits per heavy atom. The van der Waals surface area contributed by atoms with Crippen molar-refractivity contribution in [2.45, 2.75) is 12.5 Å². The summed E-state index contributed by atoms with van der Waals surface area (Å²) in [4.78, 5) is 29.7. The lowest BCUT2D eigenvalue weighted by Gasteiger charge is -2.26. The molecule has 8 nitrogen and oxygen atoms in total. The summed E-state index contributed by atoms with van der Waals surface area (Å²) in [6, 6.07) is 11.5. The Morgan fingerprint density at radius 3 is 2.61 bits per heavy atom. The number of hydrogen-bond acceptors (Lipinski definition) is 7. The van der Waals surface area contributed by atoms with Crippen LogP contribution < -0.4 is 14.2 Å². The van der Waals surface area contributed by atoms with Gasteiger partial charge in [0.05, 0.1) is 18.7 Å². The van der Waals surface area contributed by atoms with Crippen LogP contribution in [0.4, 0.5) is 0 Å². The van der Waals surface area contributed by atoms with E-state index in [2.05, 4.69) is 0 Å². The van der Waals surface area contributed by atoms with E-state index in [0.717, 1.165) is 6.54 Å². The van der Waals surface area contributed by atoms with Crippen molar-refractivity contribution in [1.82, 2.24) is 9.80 Å². The molecule has 1 fully saturated rings. The SMILES string of the molecule is COc1cccc([C@@H]2C(=C(O)c3ccc4c(c3)OCCO4)C(=O)C(=O)N2CCCN(C)C)c1. The summed E-state index contributed by atoms with van der Waals surface area (Å²) in [5, 5.41) is 11.2. The molecule has 1 N–H and O–H groups in total. The van der Waals surface area contributed by atoms with Gasteiger partial charge in [-0.3, -0.25) is 9.59 Å². The lowest BCUT2D eigenvalue weighted by atomic mass is 9.95. The van der Waals surface area contributed by atoms with Gasteiger partial charge in [-0.1, -0.05) is 12.1 Å². The van der Waals surface area contributed by atoms with Crippen LogP contribution in [0.25, 0.3) is 5.76 Å². The quantitative estimate of drug-likeness (QED) is 0.393. The minimum Gasteiger partial charge on any atom is -0.507 e. The molecule has 4 rings (SSSR count). The predicted octanol–water partition coefficient (Wildman–Crippen LogP) is 2.84. The molecule has 0 unspecified atom stereocenters. The van der Waals surface area contributed by atoms with E-state index in [-0.39, 0.29) is 11.3 Å². The number of methoxy groups -OCH3 is 1. The molecule has 8 heteroatoms. The van der Waals surface area contributed by atoms with E-state index in [9.17, 15) is 14.7 Å². The van der Waals surface area contributed by atoms with Crippen LogP contribution in [0.2, 0.25) is 0 Å². The molecular formula is C25H28N2O6. The molecule has 1 atom stereocenters. The molecule has 0 aliphatic carbocycles. The van der Waals surface area contributed by atoms with Crippen LogP contribution in [0.15, 0.2) is 48.0 Å². The number of fused-ring (bicyclic) bond motifs is 1. The van der Waals surface area contributed by atoms with Gasteiger partial charge in [-0.25, -0.2) is 0 Å². The number of benzene rings is 2. The first kappa shape index (κ1) is 22.7. The van der Waals surface area contributed by atoms with Crippen molar-refractivity contribution in [1.29, 1.82) is 0 Å². The Hall–Kier alpha value is -3.52. The van der Waals surface area contributed by atoms with Crippen molar-refractivity contribution >= 4 is 17.4 Å². The highest BCUT2D eigenvalue weighted by atomic mass is 16.6. The fraction of sp³-hybridized carbons (Fsp3) is 0.360. The molecule has 2 aliphatic rings. The molecule has 2 aliphatic heterocycles. The number of carbonyl (C=O) groups is 2. The summed E-state index contributed by atoms with van der Waals surface area (Å²) in [6.07, 6.45) is 0.685. The maximum absolute atomic E-state index is 13.1. The van der Waals surface area contributed by atoms with Crippen LogP contribution in [-0.4, -0.2) is 74.1 Å². The van der Waals surface area contributed by atoms with Gasteiger partial charge in [-0.05, 0) is 63.0 Å². The maximum atomic E-state index is 13.1. The fourth-order valence-electron chi connectivity index (χ4n) is 4.17. The molecule has 33 heavy (non-hydrogen) atoms. The van der Waals surface area contributed by atoms with Crippen molar-refractivity contribution in [3.8, 4) is 17.2 Å². The molecule has 2 aromatic rings. The monoisotopic (exact) mass is 452 g/mol. The lowest BCUT2D eigenvalue weighted by Crippen LogP contribution is -2.32. The average Bonchev–Trinajstić information content (AvgIpc) is 3.08. The molecular weight excluding hydrogens is 424 g/mol. The lowest BCUT2D eigenvalue weighted by molar-refractivity contribution is -0.139. The zero-order valence-corrected chi connectivity index (χ0v) is 19.0. The van der Waals surface area contributed by atoms with Gasteiger partial charge in [0.2, 0.25) is 0 Å². The molecule has 0 spiro atoms. The smallest absolute Gasteiger partial charge is 0.295 e. The van der Waals surface area contributed by atoms with Crippen LogP contribution in [0.3, 0.4) is 0 Å². The summed E-state index contributed by atoms with van der Waals surface area (Å²) in [5.41, 5.74) is 1.13. The molecule has 2 heterocycles. The summed E-state index contributed by atoms with van der Waals surface area (Å²) in [7, 11) is 5.47. The number of carbonyl (C=O) groups excluding carboxylic acids is 2. The summed E-state index contributed by atoms with van der Waals surface area (Å²) >= 11 is 0. The number of hydrogen-bond donors (Lipinski definition) is 1. The van der Waals surface area contributed by atoms with Gasteiger partial charge in [0, 0.05) is 12.1 Å². The average molecular weight is 453 g/mol. The summed E-state index contributed by atoms with van der Waals surface area (Å²) < 4.78 is 16.5. The Kier molecular flexibility index (Phi) is 6.55. The predicted molar refractivity (Wildman–Crippen MR) is 123 cm³/mol. The first-order chi connectivity index (χ1) is 15.9. The second-order valence-electron chi connectivity index (χ2n) is 8.28. The third-order valence-electron chi connectivity index (χ3n) is 5.77. The molecule has 0 radical (unpaired) electrons. The first-order valence-electron chi connectivity index (χ1n) is 10.9. The number of amides is 1. The highest BCUT2D eigenvalue weighted by molar-refractivity contribution is 6.46. The van der Waals surface area contributed by atoms with Crippen molar-refractivity contribution in [2.24, 2.45) is 0 Å². The number of Topliss-reactive ketones (excluding diaryl/α,β-unsaturated/α-hetero) is 1. The topological polar surface area (TPSA) is 88.5 Å². The third-order valence-corrected chi connectivity index (χ3v) is 5.77. The van der Waals surface area contributed by atoms with Gasteiger partial charge >= 0.3 is 0 Å². The normalized spacial score (nSPS) is 19.3. The molecule has 1 amide bonds. The second-order valence-corrected chi connectivity index (χ2v) is 8.28. The zero-order chi connectivity index (χ0) is 23.5. The largest absolute Gasteiger partial charge is 0.507 e. The fourth-order valence-corrected chi connectivity index (χ4v) is 4.17. The van der Waals surface area contributed by atoms with Gasteiger partial charge < -0.3 is 29.1 Å². The van der Waals surface area contributed by atoms with Gasteiger partial charge in [0.15, 0.2) is 11.5 Å². The number of ether oxygens (including phenoxy) is 3. The summed E-state index contributed by atoms with van der Waals surface area (Å²) in [5.74, 6) is 0.0921. The van der Waals surface area contributed by atoms with E-state index in [0.29, 0.717) is 54.6 Å². The van der Waals surface area contributed by atoms with Crippen LogP contribution in [0.1, 0.15) is 23.6 Å². The van der Waals surface area contributed by atoms with E-state index in [1.807, 2.05) is 25.1 Å². The van der Waals surface area contributed by atoms with Crippen LogP contribution in [-0.2, 0) is 9.59 Å². The second kappa shape index (κ2) is 9.54. The summed E-state index contributed by atoms with van der Waals surface area (Å²) in [6.45, 7) is 1.99. The standard InChI is InChI=1S/C25H28N2O6/c1-26(2)10-5-11-27-22(16-6-4-7-18(14-16)31-3)21(24(29)25(27)30)23(28)17-8-9-19-20(15-17)33-13-12-32-19/h4,6-9,14-15,22,28H,5,10-13H2,1-3H3/t22-/m1/s1. The molecule has 174 valence electrons. The minimum absolute atomic E-state index is 0.0507. The van der Waals surface area contributed by atoms with Gasteiger partial charge in [0.25, 0.3) is 11.7 Å². The van der Waals surface area contributed by atoms with E-state index >= 15 is 0 Å². The number of ketones is 1. The van der Waals surface area contributed by atoms with E-state index in [4.69, 9.17) is 14.2 Å². The van der Waals surface area contributed by atoms with Crippen molar-refractivity contribution < 1.29 is 28.9 Å². The van der Waals surface area contributed by atoms with Crippen molar-refractivity contribution in [3.63, 3.8) is 0 Å². The van der Waals surface area contributed by atoms with Crippen LogP contribution in [0, 0.1) is 0 Å². The number of rotatable bonds is 7. The van der Waals surface area contributed by atoms with E-state index in [1.165, 1.54) is 4.90 Å². The van der Waals surface area contributed by atoms with E-state index < -0.39 is 17.7 Å². The highest BCUT2D eigenvalue weighted by Gasteiger charge is 2.46. The molecule has 0 saturated carbocycles. The Labute approximate surface area is 193 Å². The van der Waals surface area contributed by atoms with E-state index in [1.54, 1.807) is 43.5 Å². The molecule has 1 saturated heterocycles. The van der Waals surface area contributed by atoms with Gasteiger partial charge in [-0.2, -0.15) is 0 Å². The Bertz CT molecular complexity index is 1090. The maximum Gasteiger partial charge on any atom is 0.295 e. The zero-order valence-electron chi connectivity index (χ0n) is 19.0. The highest BCUT2D eigenvalue weighted by Crippen LogP contribution is 2.41. The van der Waals surface area contributed by atoms with Crippen LogP contribution in [0.5, 0.6) is 17.2 Å². The van der Waals surface area contributed by atoms with Crippen molar-refractivity contribution in [2.75, 3.05) is 47.5 Å². The number of aliphatic hydroxyl groups is 1. The molecule has 2 aromatic carbocycles. The van der Waals surface area contributed by atoms with Crippen molar-refractivity contribution in [3.05, 3.63) is 59.2 Å². The first-order valence-corrected chi connectivity index (χ1v) is 10.9. The Balaban J connectivity index is 1.79. The number of aliphatic hydroxyl groups excluding tert-OH is 1. The minimum atomic E-state index is -0.726. The van der Waals surface area contributed by atoms with Gasteiger partial charge in [0.1, 0.15) is 24.7 Å². The number of nitrogens with zero attached hydrogens (tertiary/aromatic N) is 2.